The van der Waals surface area contributed by atoms with Gasteiger partial charge in [0.1, 0.15) is 5.76 Å². The lowest BCUT2D eigenvalue weighted by Crippen LogP contribution is -2.35. The Bertz CT molecular complexity index is 347. The standard InChI is InChI=1S/C11H19N3O2/c1-7(2)12-8(3)5-11(15)13-10-6-9(4)16-14-10/h6-8,12H,5H2,1-4H3,(H,13,14,15). The molecule has 0 radical (unpaired) electrons. The van der Waals surface area contributed by atoms with Crippen LogP contribution >= 0.6 is 0 Å². The lowest BCUT2D eigenvalue weighted by atomic mass is 10.2. The van der Waals surface area contributed by atoms with E-state index >= 15 is 0 Å². The summed E-state index contributed by atoms with van der Waals surface area (Å²) in [6, 6.07) is 2.21. The van der Waals surface area contributed by atoms with Crippen LogP contribution < -0.4 is 10.6 Å². The van der Waals surface area contributed by atoms with Gasteiger partial charge in [-0.15, -0.1) is 0 Å². The molecule has 5 heteroatoms. The molecule has 90 valence electrons. The molecule has 16 heavy (non-hydrogen) atoms. The van der Waals surface area contributed by atoms with Crippen LogP contribution in [-0.4, -0.2) is 23.1 Å². The van der Waals surface area contributed by atoms with E-state index in [-0.39, 0.29) is 11.9 Å². The number of rotatable bonds is 5. The molecule has 0 aromatic carbocycles. The minimum atomic E-state index is -0.0612. The minimum absolute atomic E-state index is 0.0612. The smallest absolute Gasteiger partial charge is 0.227 e. The number of nitrogens with one attached hydrogen (secondary N) is 2. The van der Waals surface area contributed by atoms with E-state index in [1.807, 2.05) is 6.92 Å². The number of carbonyl (C=O) groups excluding carboxylic acids is 1. The van der Waals surface area contributed by atoms with Crippen molar-refractivity contribution in [3.63, 3.8) is 0 Å². The third kappa shape index (κ3) is 4.44. The first-order valence-corrected chi connectivity index (χ1v) is 5.46. The van der Waals surface area contributed by atoms with Crippen LogP contribution in [0.25, 0.3) is 0 Å². The zero-order valence-electron chi connectivity index (χ0n) is 10.2. The highest BCUT2D eigenvalue weighted by atomic mass is 16.5. The molecule has 1 heterocycles. The van der Waals surface area contributed by atoms with Crippen LogP contribution in [0.2, 0.25) is 0 Å². The second kappa shape index (κ2) is 5.65. The summed E-state index contributed by atoms with van der Waals surface area (Å²) in [6.45, 7) is 7.87. The van der Waals surface area contributed by atoms with E-state index in [9.17, 15) is 4.79 Å². The van der Waals surface area contributed by atoms with Gasteiger partial charge < -0.3 is 15.2 Å². The van der Waals surface area contributed by atoms with E-state index in [0.717, 1.165) is 0 Å². The van der Waals surface area contributed by atoms with Gasteiger partial charge >= 0.3 is 0 Å². The molecule has 0 spiro atoms. The molecule has 1 amide bonds. The molecule has 0 fully saturated rings. The van der Waals surface area contributed by atoms with Crippen LogP contribution in [0, 0.1) is 6.92 Å². The topological polar surface area (TPSA) is 67.2 Å². The SMILES string of the molecule is Cc1cc(NC(=O)CC(C)NC(C)C)no1. The molecule has 1 aromatic heterocycles. The monoisotopic (exact) mass is 225 g/mol. The first kappa shape index (κ1) is 12.7. The van der Waals surface area contributed by atoms with Gasteiger partial charge in [-0.05, 0) is 13.8 Å². The maximum absolute atomic E-state index is 11.6. The molecule has 1 rings (SSSR count). The van der Waals surface area contributed by atoms with E-state index in [4.69, 9.17) is 4.52 Å². The van der Waals surface area contributed by atoms with Crippen LogP contribution in [0.3, 0.4) is 0 Å². The molecule has 1 unspecified atom stereocenters. The Labute approximate surface area is 95.6 Å². The van der Waals surface area contributed by atoms with E-state index < -0.39 is 0 Å². The number of aryl methyl sites for hydroxylation is 1. The van der Waals surface area contributed by atoms with Gasteiger partial charge in [0.15, 0.2) is 5.82 Å². The average Bonchev–Trinajstić information content (AvgIpc) is 2.48. The van der Waals surface area contributed by atoms with Gasteiger partial charge in [-0.2, -0.15) is 0 Å². The third-order valence-corrected chi connectivity index (χ3v) is 2.00. The van der Waals surface area contributed by atoms with Crippen LogP contribution in [0.1, 0.15) is 33.0 Å². The van der Waals surface area contributed by atoms with Crippen molar-refractivity contribution in [2.75, 3.05) is 5.32 Å². The lowest BCUT2D eigenvalue weighted by molar-refractivity contribution is -0.116. The number of hydrogen-bond donors (Lipinski definition) is 2. The van der Waals surface area contributed by atoms with Crippen LogP contribution in [-0.2, 0) is 4.79 Å². The van der Waals surface area contributed by atoms with Crippen molar-refractivity contribution in [2.45, 2.75) is 46.2 Å². The van der Waals surface area contributed by atoms with Crippen molar-refractivity contribution in [3.05, 3.63) is 11.8 Å². The van der Waals surface area contributed by atoms with E-state index in [0.29, 0.717) is 24.0 Å². The molecular formula is C11H19N3O2. The molecule has 2 N–H and O–H groups in total. The van der Waals surface area contributed by atoms with Gasteiger partial charge in [0, 0.05) is 24.6 Å². The van der Waals surface area contributed by atoms with E-state index in [2.05, 4.69) is 29.6 Å². The van der Waals surface area contributed by atoms with Gasteiger partial charge in [-0.1, -0.05) is 19.0 Å². The molecule has 0 aliphatic rings. The molecule has 0 saturated heterocycles. The van der Waals surface area contributed by atoms with Crippen LogP contribution in [0.4, 0.5) is 5.82 Å². The Balaban J connectivity index is 2.36. The van der Waals surface area contributed by atoms with Crippen molar-refractivity contribution in [3.8, 4) is 0 Å². The van der Waals surface area contributed by atoms with Gasteiger partial charge in [0.25, 0.3) is 0 Å². The summed E-state index contributed by atoms with van der Waals surface area (Å²) in [7, 11) is 0. The minimum Gasteiger partial charge on any atom is -0.360 e. The van der Waals surface area contributed by atoms with Crippen molar-refractivity contribution in [1.29, 1.82) is 0 Å². The highest BCUT2D eigenvalue weighted by molar-refractivity contribution is 5.90. The normalized spacial score (nSPS) is 12.8. The molecule has 5 nitrogen and oxygen atoms in total. The van der Waals surface area contributed by atoms with Crippen molar-refractivity contribution in [1.82, 2.24) is 10.5 Å². The number of aromatic nitrogens is 1. The first-order valence-electron chi connectivity index (χ1n) is 5.46. The number of nitrogens with zero attached hydrogens (tertiary/aromatic N) is 1. The predicted molar refractivity (Wildman–Crippen MR) is 62.2 cm³/mol. The fourth-order valence-electron chi connectivity index (χ4n) is 1.53. The summed E-state index contributed by atoms with van der Waals surface area (Å²) < 4.78 is 4.85. The zero-order valence-corrected chi connectivity index (χ0v) is 10.2. The Hall–Kier alpha value is -1.36. The van der Waals surface area contributed by atoms with Crippen molar-refractivity contribution in [2.24, 2.45) is 0 Å². The van der Waals surface area contributed by atoms with Gasteiger partial charge in [0.2, 0.25) is 5.91 Å². The quantitative estimate of drug-likeness (QED) is 0.800. The second-order valence-electron chi connectivity index (χ2n) is 4.30. The fraction of sp³-hybridized carbons (Fsp3) is 0.636. The molecule has 0 saturated carbocycles. The Morgan fingerprint density at radius 3 is 2.69 bits per heavy atom. The fourth-order valence-corrected chi connectivity index (χ4v) is 1.53. The Morgan fingerprint density at radius 1 is 1.50 bits per heavy atom. The summed E-state index contributed by atoms with van der Waals surface area (Å²) >= 11 is 0. The Kier molecular flexibility index (Phi) is 4.49. The lowest BCUT2D eigenvalue weighted by Gasteiger charge is -2.15. The first-order chi connectivity index (χ1) is 7.47. The van der Waals surface area contributed by atoms with Gasteiger partial charge in [-0.25, -0.2) is 0 Å². The van der Waals surface area contributed by atoms with E-state index in [1.54, 1.807) is 13.0 Å². The largest absolute Gasteiger partial charge is 0.360 e. The molecule has 1 aromatic rings. The summed E-state index contributed by atoms with van der Waals surface area (Å²) in [5.41, 5.74) is 0. The molecule has 0 aliphatic heterocycles. The number of hydrogen-bond acceptors (Lipinski definition) is 4. The highest BCUT2D eigenvalue weighted by Gasteiger charge is 2.11. The van der Waals surface area contributed by atoms with Crippen LogP contribution in [0.5, 0.6) is 0 Å². The Morgan fingerprint density at radius 2 is 2.19 bits per heavy atom. The van der Waals surface area contributed by atoms with Crippen molar-refractivity contribution >= 4 is 11.7 Å². The average molecular weight is 225 g/mol. The molecule has 0 bridgehead atoms. The maximum atomic E-state index is 11.6. The summed E-state index contributed by atoms with van der Waals surface area (Å²) in [5.74, 6) is 1.09. The summed E-state index contributed by atoms with van der Waals surface area (Å²) in [5, 5.41) is 9.64. The van der Waals surface area contributed by atoms with Crippen LogP contribution in [0.15, 0.2) is 10.6 Å². The number of amides is 1. The zero-order chi connectivity index (χ0) is 12.1. The summed E-state index contributed by atoms with van der Waals surface area (Å²) in [4.78, 5) is 11.6. The molecular weight excluding hydrogens is 206 g/mol. The molecule has 1 atom stereocenters. The summed E-state index contributed by atoms with van der Waals surface area (Å²) in [6.07, 6.45) is 0.421. The highest BCUT2D eigenvalue weighted by Crippen LogP contribution is 2.07. The van der Waals surface area contributed by atoms with E-state index in [1.165, 1.54) is 0 Å². The third-order valence-electron chi connectivity index (χ3n) is 2.00. The van der Waals surface area contributed by atoms with Crippen molar-refractivity contribution < 1.29 is 9.32 Å². The predicted octanol–water partition coefficient (Wildman–Crippen LogP) is 1.70. The number of carbonyl (C=O) groups is 1. The number of anilines is 1. The van der Waals surface area contributed by atoms with Gasteiger partial charge in [-0.3, -0.25) is 4.79 Å². The second-order valence-corrected chi connectivity index (χ2v) is 4.30. The van der Waals surface area contributed by atoms with Gasteiger partial charge in [0.05, 0.1) is 0 Å². The molecule has 0 aliphatic carbocycles. The maximum Gasteiger partial charge on any atom is 0.227 e.